The minimum atomic E-state index is -0.752. The lowest BCUT2D eigenvalue weighted by Crippen LogP contribution is -2.48. The van der Waals surface area contributed by atoms with Crippen LogP contribution in [0.5, 0.6) is 0 Å². The maximum absolute atomic E-state index is 11.9. The van der Waals surface area contributed by atoms with Crippen LogP contribution in [0.3, 0.4) is 0 Å². The van der Waals surface area contributed by atoms with Crippen LogP contribution in [0.1, 0.15) is 31.2 Å². The second-order valence-corrected chi connectivity index (χ2v) is 5.78. The van der Waals surface area contributed by atoms with Gasteiger partial charge in [0, 0.05) is 10.7 Å². The Morgan fingerprint density at radius 3 is 2.67 bits per heavy atom. The Bertz CT molecular complexity index is 548. The average molecular weight is 311 g/mol. The summed E-state index contributed by atoms with van der Waals surface area (Å²) in [5.74, 6) is -1.49. The number of hydrogen-bond donors (Lipinski definition) is 3. The molecule has 0 heterocycles. The molecule has 2 amide bonds. The van der Waals surface area contributed by atoms with Gasteiger partial charge in [0.25, 0.3) is 0 Å². The van der Waals surface area contributed by atoms with Gasteiger partial charge in [0.05, 0.1) is 12.1 Å². The second-order valence-electron chi connectivity index (χ2n) is 5.35. The van der Waals surface area contributed by atoms with Crippen LogP contribution in [-0.2, 0) is 9.59 Å². The molecule has 114 valence electrons. The fourth-order valence-corrected chi connectivity index (χ4v) is 2.59. The van der Waals surface area contributed by atoms with Crippen LogP contribution < -0.4 is 10.6 Å². The molecule has 0 aliphatic heterocycles. The van der Waals surface area contributed by atoms with Crippen molar-refractivity contribution in [2.45, 2.75) is 44.8 Å². The highest BCUT2D eigenvalue weighted by Gasteiger charge is 2.26. The van der Waals surface area contributed by atoms with E-state index in [0.29, 0.717) is 23.6 Å². The highest BCUT2D eigenvalue weighted by atomic mass is 35.5. The molecule has 2 unspecified atom stereocenters. The smallest absolute Gasteiger partial charge is 0.313 e. The van der Waals surface area contributed by atoms with Crippen LogP contribution in [-0.4, -0.2) is 29.1 Å². The topological polar surface area (TPSA) is 78.4 Å². The van der Waals surface area contributed by atoms with Gasteiger partial charge >= 0.3 is 11.8 Å². The van der Waals surface area contributed by atoms with Gasteiger partial charge in [0.1, 0.15) is 0 Å². The predicted octanol–water partition coefficient (Wildman–Crippen LogP) is 2.01. The number of aliphatic hydroxyl groups is 1. The number of nitrogens with one attached hydrogen (secondary N) is 2. The van der Waals surface area contributed by atoms with Crippen LogP contribution in [0.15, 0.2) is 18.2 Å². The summed E-state index contributed by atoms with van der Waals surface area (Å²) in [6.45, 7) is 1.81. The molecule has 1 aliphatic rings. The van der Waals surface area contributed by atoms with Crippen molar-refractivity contribution in [1.29, 1.82) is 0 Å². The van der Waals surface area contributed by atoms with Gasteiger partial charge in [-0.25, -0.2) is 0 Å². The van der Waals surface area contributed by atoms with Crippen LogP contribution in [0.4, 0.5) is 5.69 Å². The van der Waals surface area contributed by atoms with Gasteiger partial charge in [0.15, 0.2) is 0 Å². The monoisotopic (exact) mass is 310 g/mol. The SMILES string of the molecule is Cc1ccc(Cl)cc1NC(=O)C(=O)NC1CCCCC1O. The second kappa shape index (κ2) is 6.91. The molecular weight excluding hydrogens is 292 g/mol. The number of amides is 2. The lowest BCUT2D eigenvalue weighted by molar-refractivity contribution is -0.137. The Morgan fingerprint density at radius 1 is 1.24 bits per heavy atom. The third-order valence-electron chi connectivity index (χ3n) is 3.70. The summed E-state index contributed by atoms with van der Waals surface area (Å²) >= 11 is 5.87. The normalized spacial score (nSPS) is 21.7. The molecular formula is C15H19ClN2O3. The molecule has 0 aromatic heterocycles. The third-order valence-corrected chi connectivity index (χ3v) is 3.94. The Hall–Kier alpha value is -1.59. The van der Waals surface area contributed by atoms with Crippen LogP contribution in [0.25, 0.3) is 0 Å². The number of carbonyl (C=O) groups excluding carboxylic acids is 2. The summed E-state index contributed by atoms with van der Waals surface area (Å²) in [5, 5.41) is 15.4. The van der Waals surface area contributed by atoms with Crippen molar-refractivity contribution in [3.05, 3.63) is 28.8 Å². The molecule has 5 nitrogen and oxygen atoms in total. The maximum Gasteiger partial charge on any atom is 0.313 e. The number of rotatable bonds is 2. The van der Waals surface area contributed by atoms with Gasteiger partial charge in [-0.3, -0.25) is 9.59 Å². The van der Waals surface area contributed by atoms with E-state index >= 15 is 0 Å². The van der Waals surface area contributed by atoms with E-state index in [1.807, 2.05) is 6.92 Å². The summed E-state index contributed by atoms with van der Waals surface area (Å²) in [5.41, 5.74) is 1.32. The van der Waals surface area contributed by atoms with E-state index in [1.54, 1.807) is 18.2 Å². The van der Waals surface area contributed by atoms with Crippen molar-refractivity contribution in [2.24, 2.45) is 0 Å². The first-order chi connectivity index (χ1) is 9.97. The lowest BCUT2D eigenvalue weighted by Gasteiger charge is -2.28. The van der Waals surface area contributed by atoms with E-state index < -0.39 is 17.9 Å². The highest BCUT2D eigenvalue weighted by molar-refractivity contribution is 6.40. The van der Waals surface area contributed by atoms with Gasteiger partial charge in [0.2, 0.25) is 0 Å². The molecule has 0 saturated heterocycles. The largest absolute Gasteiger partial charge is 0.391 e. The number of aliphatic hydroxyl groups excluding tert-OH is 1. The third kappa shape index (κ3) is 4.19. The van der Waals surface area contributed by atoms with Crippen molar-refractivity contribution >= 4 is 29.1 Å². The summed E-state index contributed by atoms with van der Waals surface area (Å²) in [6.07, 6.45) is 2.65. The number of aryl methyl sites for hydroxylation is 1. The number of benzene rings is 1. The molecule has 1 aromatic rings. The van der Waals surface area contributed by atoms with E-state index in [-0.39, 0.29) is 6.04 Å². The van der Waals surface area contributed by atoms with Crippen LogP contribution >= 0.6 is 11.6 Å². The fraction of sp³-hybridized carbons (Fsp3) is 0.467. The van der Waals surface area contributed by atoms with Crippen molar-refractivity contribution in [2.75, 3.05) is 5.32 Å². The first kappa shape index (κ1) is 15.8. The zero-order chi connectivity index (χ0) is 15.4. The number of halogens is 1. The summed E-state index contributed by atoms with van der Waals surface area (Å²) in [6, 6.07) is 4.72. The molecule has 6 heteroatoms. The van der Waals surface area contributed by atoms with E-state index in [1.165, 1.54) is 0 Å². The molecule has 3 N–H and O–H groups in total. The summed E-state index contributed by atoms with van der Waals surface area (Å²) in [7, 11) is 0. The van der Waals surface area contributed by atoms with Gasteiger partial charge in [-0.2, -0.15) is 0 Å². The highest BCUT2D eigenvalue weighted by Crippen LogP contribution is 2.20. The molecule has 1 aromatic carbocycles. The van der Waals surface area contributed by atoms with Gasteiger partial charge in [-0.1, -0.05) is 30.5 Å². The lowest BCUT2D eigenvalue weighted by atomic mass is 9.92. The molecule has 0 spiro atoms. The number of anilines is 1. The Labute approximate surface area is 128 Å². The Balaban J connectivity index is 1.96. The minimum absolute atomic E-state index is 0.350. The fourth-order valence-electron chi connectivity index (χ4n) is 2.42. The van der Waals surface area contributed by atoms with Gasteiger partial charge in [-0.15, -0.1) is 0 Å². The Kier molecular flexibility index (Phi) is 5.20. The van der Waals surface area contributed by atoms with E-state index in [9.17, 15) is 14.7 Å². The minimum Gasteiger partial charge on any atom is -0.391 e. The maximum atomic E-state index is 11.9. The van der Waals surface area contributed by atoms with Gasteiger partial charge in [-0.05, 0) is 37.5 Å². The Morgan fingerprint density at radius 2 is 1.95 bits per heavy atom. The average Bonchev–Trinajstić information content (AvgIpc) is 2.45. The van der Waals surface area contributed by atoms with Crippen molar-refractivity contribution in [3.63, 3.8) is 0 Å². The quantitative estimate of drug-likeness (QED) is 0.731. The molecule has 0 bridgehead atoms. The molecule has 2 atom stereocenters. The van der Waals surface area contributed by atoms with Gasteiger partial charge < -0.3 is 15.7 Å². The molecule has 1 saturated carbocycles. The summed E-state index contributed by atoms with van der Waals surface area (Å²) < 4.78 is 0. The molecule has 21 heavy (non-hydrogen) atoms. The first-order valence-corrected chi connectivity index (χ1v) is 7.41. The van der Waals surface area contributed by atoms with Crippen LogP contribution in [0, 0.1) is 6.92 Å². The standard InChI is InChI=1S/C15H19ClN2O3/c1-9-6-7-10(16)8-12(9)18-15(21)14(20)17-11-4-2-3-5-13(11)19/h6-8,11,13,19H,2-5H2,1H3,(H,17,20)(H,18,21). The molecule has 1 aliphatic carbocycles. The van der Waals surface area contributed by atoms with E-state index in [2.05, 4.69) is 10.6 Å². The first-order valence-electron chi connectivity index (χ1n) is 7.03. The molecule has 2 rings (SSSR count). The van der Waals surface area contributed by atoms with Crippen molar-refractivity contribution < 1.29 is 14.7 Å². The summed E-state index contributed by atoms with van der Waals surface area (Å²) in [4.78, 5) is 23.8. The number of hydrogen-bond acceptors (Lipinski definition) is 3. The van der Waals surface area contributed by atoms with E-state index in [0.717, 1.165) is 18.4 Å². The zero-order valence-electron chi connectivity index (χ0n) is 11.9. The number of carbonyl (C=O) groups is 2. The van der Waals surface area contributed by atoms with Crippen molar-refractivity contribution in [1.82, 2.24) is 5.32 Å². The molecule has 0 radical (unpaired) electrons. The van der Waals surface area contributed by atoms with E-state index in [4.69, 9.17) is 11.6 Å². The van der Waals surface area contributed by atoms with Crippen molar-refractivity contribution in [3.8, 4) is 0 Å². The molecule has 1 fully saturated rings. The zero-order valence-corrected chi connectivity index (χ0v) is 12.6. The predicted molar refractivity (Wildman–Crippen MR) is 81.2 cm³/mol. The van der Waals surface area contributed by atoms with Crippen LogP contribution in [0.2, 0.25) is 5.02 Å².